The predicted octanol–water partition coefficient (Wildman–Crippen LogP) is 7.79. The minimum Gasteiger partial charge on any atom is -0.464 e. The maximum atomic E-state index is 15.9. The fourth-order valence-electron chi connectivity index (χ4n) is 5.76. The molecule has 1 unspecified atom stereocenters. The van der Waals surface area contributed by atoms with Crippen molar-refractivity contribution in [3.05, 3.63) is 81.1 Å². The van der Waals surface area contributed by atoms with Crippen molar-refractivity contribution in [2.75, 3.05) is 6.54 Å². The van der Waals surface area contributed by atoms with Gasteiger partial charge in [-0.05, 0) is 86.7 Å². The van der Waals surface area contributed by atoms with Crippen LogP contribution in [0.25, 0.3) is 33.4 Å². The van der Waals surface area contributed by atoms with Gasteiger partial charge in [-0.2, -0.15) is 0 Å². The lowest BCUT2D eigenvalue weighted by Gasteiger charge is -2.30. The van der Waals surface area contributed by atoms with Crippen LogP contribution in [0.15, 0.2) is 54.7 Å². The van der Waals surface area contributed by atoms with Crippen LogP contribution < -0.4 is 10.1 Å². The molecule has 2 atom stereocenters. The first-order chi connectivity index (χ1) is 18.1. The Morgan fingerprint density at radius 2 is 1.95 bits per heavy atom. The van der Waals surface area contributed by atoms with Crippen molar-refractivity contribution >= 4 is 33.8 Å². The number of aromatic nitrogens is 3. The van der Waals surface area contributed by atoms with E-state index in [4.69, 9.17) is 16.3 Å². The average Bonchev–Trinajstić information content (AvgIpc) is 3.36. The van der Waals surface area contributed by atoms with Gasteiger partial charge < -0.3 is 15.0 Å². The van der Waals surface area contributed by atoms with Gasteiger partial charge in [-0.3, -0.25) is 4.57 Å². The van der Waals surface area contributed by atoms with E-state index in [0.29, 0.717) is 22.3 Å². The molecule has 2 aliphatic heterocycles. The molecule has 2 aromatic carbocycles. The number of halogens is 2. The molecule has 0 radical (unpaired) electrons. The third-order valence-electron chi connectivity index (χ3n) is 7.75. The second-order valence-corrected chi connectivity index (χ2v) is 11.8. The van der Waals surface area contributed by atoms with Crippen molar-refractivity contribution in [3.8, 4) is 28.3 Å². The van der Waals surface area contributed by atoms with E-state index in [0.717, 1.165) is 57.9 Å². The number of ether oxygens (including phenoxy) is 1. The number of H-pyrrole nitrogens is 1. The minimum absolute atomic E-state index is 0.221. The van der Waals surface area contributed by atoms with Crippen LogP contribution in [0.1, 0.15) is 59.4 Å². The molecular formula is C29H24ClFN4OS. The molecule has 5 nitrogen and oxygen atoms in total. The van der Waals surface area contributed by atoms with Gasteiger partial charge in [0.15, 0.2) is 0 Å². The SMILES string of the molecule is Fc1cc(-c2cnc([C@@H]3CCCN3)[nH]2)cc2c1-c1cc3cc(Cl)ccc3n1C(c1ccc(C3CC3)s1)O2. The van der Waals surface area contributed by atoms with E-state index < -0.39 is 0 Å². The first kappa shape index (κ1) is 21.9. The zero-order valence-electron chi connectivity index (χ0n) is 19.9. The molecule has 5 aromatic rings. The third kappa shape index (κ3) is 3.55. The molecule has 8 rings (SSSR count). The van der Waals surface area contributed by atoms with Crippen LogP contribution in [-0.2, 0) is 0 Å². The molecule has 0 amide bonds. The molecule has 5 heterocycles. The van der Waals surface area contributed by atoms with E-state index in [1.165, 1.54) is 17.7 Å². The molecule has 2 N–H and O–H groups in total. The average molecular weight is 531 g/mol. The van der Waals surface area contributed by atoms with E-state index in [1.807, 2.05) is 30.3 Å². The van der Waals surface area contributed by atoms with Crippen LogP contribution in [0.4, 0.5) is 4.39 Å². The first-order valence-corrected chi connectivity index (χ1v) is 14.0. The monoisotopic (exact) mass is 530 g/mol. The zero-order valence-corrected chi connectivity index (χ0v) is 21.5. The van der Waals surface area contributed by atoms with Gasteiger partial charge in [0.05, 0.1) is 39.6 Å². The van der Waals surface area contributed by atoms with Crippen molar-refractivity contribution in [1.82, 2.24) is 19.9 Å². The maximum absolute atomic E-state index is 15.9. The molecule has 0 bridgehead atoms. The molecule has 1 saturated carbocycles. The van der Waals surface area contributed by atoms with Crippen molar-refractivity contribution in [2.45, 2.75) is 43.9 Å². The Bertz CT molecular complexity index is 1680. The van der Waals surface area contributed by atoms with E-state index in [9.17, 15) is 0 Å². The lowest BCUT2D eigenvalue weighted by atomic mass is 10.0. The van der Waals surface area contributed by atoms with E-state index in [2.05, 4.69) is 32.0 Å². The number of nitrogens with zero attached hydrogens (tertiary/aromatic N) is 2. The van der Waals surface area contributed by atoms with Crippen LogP contribution in [-0.4, -0.2) is 21.1 Å². The van der Waals surface area contributed by atoms with Gasteiger partial charge in [-0.25, -0.2) is 9.37 Å². The number of aromatic amines is 1. The minimum atomic E-state index is -0.381. The summed E-state index contributed by atoms with van der Waals surface area (Å²) in [6, 6.07) is 15.9. The van der Waals surface area contributed by atoms with Gasteiger partial charge in [0.25, 0.3) is 0 Å². The zero-order chi connectivity index (χ0) is 24.7. The van der Waals surface area contributed by atoms with Gasteiger partial charge in [0.2, 0.25) is 6.23 Å². The van der Waals surface area contributed by atoms with Crippen LogP contribution in [0, 0.1) is 5.82 Å². The highest BCUT2D eigenvalue weighted by molar-refractivity contribution is 7.12. The van der Waals surface area contributed by atoms with Crippen LogP contribution in [0.3, 0.4) is 0 Å². The highest BCUT2D eigenvalue weighted by Crippen LogP contribution is 2.50. The first-order valence-electron chi connectivity index (χ1n) is 12.8. The summed E-state index contributed by atoms with van der Waals surface area (Å²) in [5.41, 5.74) is 3.76. The molecule has 1 saturated heterocycles. The van der Waals surface area contributed by atoms with Gasteiger partial charge in [0.1, 0.15) is 17.4 Å². The molecule has 3 aliphatic rings. The summed E-state index contributed by atoms with van der Waals surface area (Å²) < 4.78 is 24.7. The normalized spacial score (nSPS) is 20.7. The summed E-state index contributed by atoms with van der Waals surface area (Å²) in [5, 5.41) is 5.08. The van der Waals surface area contributed by atoms with Gasteiger partial charge in [0, 0.05) is 20.8 Å². The highest BCUT2D eigenvalue weighted by Gasteiger charge is 2.34. The number of thiophene rings is 1. The second-order valence-electron chi connectivity index (χ2n) is 10.2. The molecule has 186 valence electrons. The Kier molecular flexibility index (Phi) is 4.85. The van der Waals surface area contributed by atoms with E-state index in [-0.39, 0.29) is 18.1 Å². The topological polar surface area (TPSA) is 54.9 Å². The quantitative estimate of drug-likeness (QED) is 0.249. The smallest absolute Gasteiger partial charge is 0.212 e. The number of benzene rings is 2. The van der Waals surface area contributed by atoms with E-state index >= 15 is 4.39 Å². The second kappa shape index (κ2) is 8.18. The van der Waals surface area contributed by atoms with Crippen molar-refractivity contribution < 1.29 is 9.13 Å². The largest absolute Gasteiger partial charge is 0.464 e. The predicted molar refractivity (Wildman–Crippen MR) is 145 cm³/mol. The Labute approximate surface area is 222 Å². The van der Waals surface area contributed by atoms with E-state index in [1.54, 1.807) is 23.6 Å². The molecule has 37 heavy (non-hydrogen) atoms. The molecule has 1 aliphatic carbocycles. The number of fused-ring (bicyclic) bond motifs is 5. The summed E-state index contributed by atoms with van der Waals surface area (Å²) in [6.07, 6.45) is 6.09. The Balaban J connectivity index is 1.28. The Morgan fingerprint density at radius 1 is 1.05 bits per heavy atom. The lowest BCUT2D eigenvalue weighted by molar-refractivity contribution is 0.176. The van der Waals surface area contributed by atoms with Crippen molar-refractivity contribution in [2.24, 2.45) is 0 Å². The molecule has 2 fully saturated rings. The number of hydrogen-bond acceptors (Lipinski definition) is 4. The summed E-state index contributed by atoms with van der Waals surface area (Å²) in [7, 11) is 0. The number of hydrogen-bond donors (Lipinski definition) is 2. The van der Waals surface area contributed by atoms with Gasteiger partial charge in [-0.1, -0.05) is 11.6 Å². The van der Waals surface area contributed by atoms with Crippen LogP contribution in [0.5, 0.6) is 5.75 Å². The Morgan fingerprint density at radius 3 is 2.78 bits per heavy atom. The standard InChI is InChI=1S/C29H24ClFN4OS/c30-18-5-6-22-17(10-18)12-23-27-19(31)11-16(21-14-33-28(34-21)20-2-1-9-32-20)13-24(27)36-29(35(22)23)26-8-7-25(37-26)15-3-4-15/h5-8,10-15,20,29,32H,1-4,9H2,(H,33,34)/t20-,29?/m0/s1. The number of rotatable bonds is 4. The molecular weight excluding hydrogens is 507 g/mol. The molecule has 3 aromatic heterocycles. The molecule has 8 heteroatoms. The van der Waals surface area contributed by atoms with Crippen molar-refractivity contribution in [1.29, 1.82) is 0 Å². The van der Waals surface area contributed by atoms with Crippen molar-refractivity contribution in [3.63, 3.8) is 0 Å². The fraction of sp³-hybridized carbons (Fsp3) is 0.276. The van der Waals surface area contributed by atoms with Crippen LogP contribution >= 0.6 is 22.9 Å². The number of imidazole rings is 1. The summed E-state index contributed by atoms with van der Waals surface area (Å²) >= 11 is 8.12. The number of nitrogens with one attached hydrogen (secondary N) is 2. The van der Waals surface area contributed by atoms with Crippen LogP contribution in [0.2, 0.25) is 5.02 Å². The maximum Gasteiger partial charge on any atom is 0.212 e. The molecule has 0 spiro atoms. The summed E-state index contributed by atoms with van der Waals surface area (Å²) in [6.45, 7) is 0.994. The third-order valence-corrected chi connectivity index (χ3v) is 9.27. The highest BCUT2D eigenvalue weighted by atomic mass is 35.5. The van der Waals surface area contributed by atoms with Gasteiger partial charge in [-0.15, -0.1) is 11.3 Å². The lowest BCUT2D eigenvalue weighted by Crippen LogP contribution is -2.22. The van der Waals surface area contributed by atoms with Gasteiger partial charge >= 0.3 is 0 Å². The summed E-state index contributed by atoms with van der Waals surface area (Å²) in [4.78, 5) is 10.5. The Hall–Kier alpha value is -3.13. The fourth-order valence-corrected chi connectivity index (χ4v) is 7.14. The summed E-state index contributed by atoms with van der Waals surface area (Å²) in [5.74, 6) is 1.79.